The average Bonchev–Trinajstić information content (AvgIpc) is 2.40. The lowest BCUT2D eigenvalue weighted by Gasteiger charge is -2.10. The Hall–Kier alpha value is -2.07. The van der Waals surface area contributed by atoms with E-state index in [9.17, 15) is 22.0 Å². The average molecular weight is 315 g/mol. The summed E-state index contributed by atoms with van der Waals surface area (Å²) in [6.07, 6.45) is -4.63. The third-order valence-electron chi connectivity index (χ3n) is 2.54. The molecule has 0 bridgehead atoms. The zero-order chi connectivity index (χ0) is 15.6. The van der Waals surface area contributed by atoms with E-state index in [0.717, 1.165) is 36.0 Å². The summed E-state index contributed by atoms with van der Waals surface area (Å²) in [6, 6.07) is 7.29. The molecule has 21 heavy (non-hydrogen) atoms. The maximum atomic E-state index is 13.5. The Morgan fingerprint density at radius 3 is 2.29 bits per heavy atom. The fourth-order valence-electron chi connectivity index (χ4n) is 1.61. The van der Waals surface area contributed by atoms with Crippen LogP contribution in [-0.4, -0.2) is 0 Å². The molecule has 0 aliphatic heterocycles. The van der Waals surface area contributed by atoms with Crippen LogP contribution in [0.15, 0.2) is 46.2 Å². The van der Waals surface area contributed by atoms with E-state index in [1.807, 2.05) is 0 Å². The van der Waals surface area contributed by atoms with Gasteiger partial charge in [0.1, 0.15) is 11.6 Å². The number of nitriles is 1. The van der Waals surface area contributed by atoms with Gasteiger partial charge in [0.05, 0.1) is 17.2 Å². The second kappa shape index (κ2) is 5.74. The van der Waals surface area contributed by atoms with Crippen molar-refractivity contribution in [3.63, 3.8) is 0 Å². The van der Waals surface area contributed by atoms with Crippen molar-refractivity contribution in [2.24, 2.45) is 0 Å². The van der Waals surface area contributed by atoms with Crippen LogP contribution in [-0.2, 0) is 6.18 Å². The van der Waals surface area contributed by atoms with Crippen molar-refractivity contribution in [1.82, 2.24) is 0 Å². The Morgan fingerprint density at radius 2 is 1.71 bits per heavy atom. The molecule has 0 N–H and O–H groups in total. The molecule has 0 saturated heterocycles. The van der Waals surface area contributed by atoms with Gasteiger partial charge in [-0.15, -0.1) is 0 Å². The van der Waals surface area contributed by atoms with Crippen LogP contribution in [0.2, 0.25) is 0 Å². The van der Waals surface area contributed by atoms with E-state index in [4.69, 9.17) is 5.26 Å². The first-order valence-corrected chi connectivity index (χ1v) is 6.37. The molecule has 0 fully saturated rings. The lowest BCUT2D eigenvalue weighted by molar-refractivity contribution is -0.137. The molecule has 2 aromatic carbocycles. The van der Waals surface area contributed by atoms with Gasteiger partial charge in [-0.05, 0) is 30.3 Å². The molecule has 0 atom stereocenters. The highest BCUT2D eigenvalue weighted by Crippen LogP contribution is 2.36. The number of hydrogen-bond acceptors (Lipinski definition) is 2. The van der Waals surface area contributed by atoms with E-state index < -0.39 is 28.9 Å². The number of rotatable bonds is 2. The zero-order valence-electron chi connectivity index (χ0n) is 10.2. The van der Waals surface area contributed by atoms with Crippen LogP contribution >= 0.6 is 11.8 Å². The maximum absolute atomic E-state index is 13.5. The standard InChI is InChI=1S/C14H6F5NS/c15-9-1-4-13(12(16)6-9)21-10-2-3-11(14(17,18)19)8(5-10)7-20/h1-6H. The molecule has 0 aromatic heterocycles. The van der Waals surface area contributed by atoms with Crippen molar-refractivity contribution in [2.75, 3.05) is 0 Å². The van der Waals surface area contributed by atoms with E-state index >= 15 is 0 Å². The minimum Gasteiger partial charge on any atom is -0.207 e. The second-order valence-electron chi connectivity index (χ2n) is 3.99. The lowest BCUT2D eigenvalue weighted by Crippen LogP contribution is -2.07. The zero-order valence-corrected chi connectivity index (χ0v) is 11.0. The van der Waals surface area contributed by atoms with Crippen molar-refractivity contribution >= 4 is 11.8 Å². The maximum Gasteiger partial charge on any atom is 0.417 e. The molecule has 0 spiro atoms. The highest BCUT2D eigenvalue weighted by atomic mass is 32.2. The van der Waals surface area contributed by atoms with Crippen LogP contribution in [0.5, 0.6) is 0 Å². The molecule has 7 heteroatoms. The molecule has 0 heterocycles. The SMILES string of the molecule is N#Cc1cc(Sc2ccc(F)cc2F)ccc1C(F)(F)F. The normalized spacial score (nSPS) is 11.2. The Balaban J connectivity index is 2.36. The molecule has 0 radical (unpaired) electrons. The van der Waals surface area contributed by atoms with E-state index in [0.29, 0.717) is 6.07 Å². The lowest BCUT2D eigenvalue weighted by atomic mass is 10.1. The smallest absolute Gasteiger partial charge is 0.207 e. The van der Waals surface area contributed by atoms with Gasteiger partial charge in [0.25, 0.3) is 0 Å². The van der Waals surface area contributed by atoms with Gasteiger partial charge in [0, 0.05) is 15.9 Å². The number of nitrogens with zero attached hydrogens (tertiary/aromatic N) is 1. The quantitative estimate of drug-likeness (QED) is 0.728. The van der Waals surface area contributed by atoms with E-state index in [2.05, 4.69) is 0 Å². The topological polar surface area (TPSA) is 23.8 Å². The van der Waals surface area contributed by atoms with Crippen molar-refractivity contribution in [3.05, 3.63) is 59.2 Å². The molecule has 2 rings (SSSR count). The first-order chi connectivity index (χ1) is 9.81. The Morgan fingerprint density at radius 1 is 1.00 bits per heavy atom. The first kappa shape index (κ1) is 15.3. The van der Waals surface area contributed by atoms with Crippen LogP contribution in [0, 0.1) is 23.0 Å². The van der Waals surface area contributed by atoms with E-state index in [1.165, 1.54) is 12.1 Å². The molecule has 108 valence electrons. The van der Waals surface area contributed by atoms with Gasteiger partial charge in [0.15, 0.2) is 0 Å². The molecule has 0 unspecified atom stereocenters. The van der Waals surface area contributed by atoms with Gasteiger partial charge in [-0.3, -0.25) is 0 Å². The predicted molar refractivity (Wildman–Crippen MR) is 66.6 cm³/mol. The summed E-state index contributed by atoms with van der Waals surface area (Å²) in [5.74, 6) is -1.57. The summed E-state index contributed by atoms with van der Waals surface area (Å²) in [5, 5.41) is 8.78. The Bertz CT molecular complexity index is 718. The van der Waals surface area contributed by atoms with Gasteiger partial charge < -0.3 is 0 Å². The fourth-order valence-corrected chi connectivity index (χ4v) is 2.47. The summed E-state index contributed by atoms with van der Waals surface area (Å²) in [7, 11) is 0. The highest BCUT2D eigenvalue weighted by molar-refractivity contribution is 7.99. The summed E-state index contributed by atoms with van der Waals surface area (Å²) in [6.45, 7) is 0. The van der Waals surface area contributed by atoms with Crippen LogP contribution in [0.25, 0.3) is 0 Å². The van der Waals surface area contributed by atoms with Crippen LogP contribution in [0.1, 0.15) is 11.1 Å². The van der Waals surface area contributed by atoms with Crippen molar-refractivity contribution in [2.45, 2.75) is 16.0 Å². The largest absolute Gasteiger partial charge is 0.417 e. The van der Waals surface area contributed by atoms with Gasteiger partial charge in [-0.25, -0.2) is 8.78 Å². The molecule has 0 aliphatic carbocycles. The van der Waals surface area contributed by atoms with Crippen LogP contribution < -0.4 is 0 Å². The van der Waals surface area contributed by atoms with Gasteiger partial charge in [-0.2, -0.15) is 18.4 Å². The summed E-state index contributed by atoms with van der Waals surface area (Å²) in [4.78, 5) is 0.310. The van der Waals surface area contributed by atoms with Crippen LogP contribution in [0.4, 0.5) is 22.0 Å². The second-order valence-corrected chi connectivity index (χ2v) is 5.11. The fraction of sp³-hybridized carbons (Fsp3) is 0.0714. The molecule has 0 aliphatic rings. The third-order valence-corrected chi connectivity index (χ3v) is 3.58. The minimum absolute atomic E-state index is 0.0556. The summed E-state index contributed by atoms with van der Waals surface area (Å²) >= 11 is 0.812. The monoisotopic (exact) mass is 315 g/mol. The number of hydrogen-bond donors (Lipinski definition) is 0. The first-order valence-electron chi connectivity index (χ1n) is 5.55. The molecule has 2 aromatic rings. The molecular weight excluding hydrogens is 309 g/mol. The highest BCUT2D eigenvalue weighted by Gasteiger charge is 2.33. The van der Waals surface area contributed by atoms with E-state index in [-0.39, 0.29) is 9.79 Å². The van der Waals surface area contributed by atoms with Crippen LogP contribution in [0.3, 0.4) is 0 Å². The van der Waals surface area contributed by atoms with E-state index in [1.54, 1.807) is 0 Å². The minimum atomic E-state index is -4.63. The van der Waals surface area contributed by atoms with Gasteiger partial charge in [0.2, 0.25) is 0 Å². The van der Waals surface area contributed by atoms with Crippen molar-refractivity contribution in [1.29, 1.82) is 5.26 Å². The molecule has 0 saturated carbocycles. The Labute approximate surface area is 121 Å². The molecule has 1 nitrogen and oxygen atoms in total. The van der Waals surface area contributed by atoms with Gasteiger partial charge in [-0.1, -0.05) is 11.8 Å². The molecular formula is C14H6F5NS. The van der Waals surface area contributed by atoms with Crippen molar-refractivity contribution in [3.8, 4) is 6.07 Å². The Kier molecular flexibility index (Phi) is 4.19. The number of halogens is 5. The number of benzene rings is 2. The van der Waals surface area contributed by atoms with Gasteiger partial charge >= 0.3 is 6.18 Å². The molecule has 0 amide bonds. The predicted octanol–water partition coefficient (Wildman–Crippen LogP) is 5.01. The summed E-state index contributed by atoms with van der Waals surface area (Å²) in [5.41, 5.74) is -1.59. The summed E-state index contributed by atoms with van der Waals surface area (Å²) < 4.78 is 64.2. The number of alkyl halides is 3. The third kappa shape index (κ3) is 3.52. The van der Waals surface area contributed by atoms with Crippen molar-refractivity contribution < 1.29 is 22.0 Å².